The van der Waals surface area contributed by atoms with Crippen molar-refractivity contribution >= 4 is 9.35 Å². The molecule has 0 aromatic rings. The minimum Gasteiger partial charge on any atom is -0.566 e. The first-order valence-electron chi connectivity index (χ1n) is 1.87. The van der Waals surface area contributed by atoms with Crippen molar-refractivity contribution in [3.8, 4) is 0 Å². The fourth-order valence-electron chi connectivity index (χ4n) is 0.0877. The Kier molecular flexibility index (Phi) is 2.42. The van der Waals surface area contributed by atoms with Crippen molar-refractivity contribution in [3.05, 3.63) is 0 Å². The molecule has 0 N–H and O–H groups in total. The van der Waals surface area contributed by atoms with Gasteiger partial charge in [0, 0.05) is 18.8 Å². The van der Waals surface area contributed by atoms with E-state index < -0.39 is 31.4 Å². The van der Waals surface area contributed by atoms with E-state index >= 15 is 0 Å². The Labute approximate surface area is 60.4 Å². The van der Waals surface area contributed by atoms with Gasteiger partial charge in [0.2, 0.25) is 0 Å². The molecule has 0 aromatic carbocycles. The summed E-state index contributed by atoms with van der Waals surface area (Å²) in [7, 11) is -2.90. The molecule has 0 aliphatic heterocycles. The lowest BCUT2D eigenvalue weighted by Gasteiger charge is -2.26. The third-order valence-electron chi connectivity index (χ3n) is 0.240. The topological polar surface area (TPSA) is 49.4 Å². The summed E-state index contributed by atoms with van der Waals surface area (Å²) in [6, 6.07) is 0. The summed E-state index contributed by atoms with van der Waals surface area (Å²) in [4.78, 5) is 0. The molecule has 0 radical (unpaired) electrons. The van der Waals surface area contributed by atoms with E-state index in [1.54, 1.807) is 0 Å². The van der Waals surface area contributed by atoms with Gasteiger partial charge in [-0.3, -0.25) is 0 Å². The second-order valence-corrected chi connectivity index (χ2v) is 8.57. The molecule has 0 rings (SSSR count). The average molecular weight is 252 g/mol. The fourth-order valence-corrected chi connectivity index (χ4v) is 1.76. The average Bonchev–Trinajstić information content (AvgIpc) is 1.25. The van der Waals surface area contributed by atoms with E-state index in [1.807, 2.05) is 0 Å². The van der Waals surface area contributed by atoms with Crippen LogP contribution >= 0.6 is 0 Å². The van der Waals surface area contributed by atoms with E-state index in [0.717, 1.165) is 0 Å². The summed E-state index contributed by atoms with van der Waals surface area (Å²) in [6.07, 6.45) is 4.36. The van der Waals surface area contributed by atoms with Crippen molar-refractivity contribution < 1.29 is 32.2 Å². The fraction of sp³-hybridized carbons (Fsp3) is 1.00. The van der Waals surface area contributed by atoms with E-state index in [9.17, 15) is 7.64 Å². The third-order valence-corrected chi connectivity index (χ3v) is 4.84. The monoisotopic (exact) mass is 252 g/mol. The van der Waals surface area contributed by atoms with E-state index in [2.05, 4.69) is 2.51 Å². The van der Waals surface area contributed by atoms with Crippen molar-refractivity contribution in [2.24, 2.45) is 0 Å². The maximum atomic E-state index is 11.0. The van der Waals surface area contributed by atoms with Crippen LogP contribution < -0.4 is 25.5 Å². The highest BCUT2D eigenvalue weighted by Crippen LogP contribution is 2.06. The Morgan fingerprint density at radius 2 is 1.88 bits per heavy atom. The highest BCUT2D eigenvalue weighted by atomic mass is 127. The van der Waals surface area contributed by atoms with Crippen molar-refractivity contribution in [3.63, 3.8) is 0 Å². The quantitative estimate of drug-likeness (QED) is 0.469. The molecule has 5 heteroatoms. The van der Waals surface area contributed by atoms with Gasteiger partial charge in [0.25, 0.3) is 0 Å². The van der Waals surface area contributed by atoms with Crippen LogP contribution in [0.5, 0.6) is 0 Å². The highest BCUT2D eigenvalue weighted by Gasteiger charge is 2.17. The molecular formula is C3H9IO3S. The van der Waals surface area contributed by atoms with Crippen molar-refractivity contribution in [2.45, 2.75) is 0 Å². The van der Waals surface area contributed by atoms with Gasteiger partial charge in [-0.2, -0.15) is 0 Å². The standard InChI is InChI=1S/C3H9IO3S/c1-8(2,3,6)7-4-5/h1-3H3. The second kappa shape index (κ2) is 2.20. The minimum atomic E-state index is -2.90. The lowest BCUT2D eigenvalue weighted by atomic mass is 11.9. The molecule has 0 saturated heterocycles. The zero-order chi connectivity index (χ0) is 6.86. The molecule has 0 heterocycles. The summed E-state index contributed by atoms with van der Waals surface area (Å²) < 4.78 is 25.4. The molecule has 0 unspecified atom stereocenters. The van der Waals surface area contributed by atoms with E-state index in [0.29, 0.717) is 0 Å². The number of hydrogen-bond acceptors (Lipinski definition) is 3. The Morgan fingerprint density at radius 3 is 1.88 bits per heavy atom. The molecule has 0 atom stereocenters. The van der Waals surface area contributed by atoms with Crippen molar-refractivity contribution in [1.29, 1.82) is 0 Å². The van der Waals surface area contributed by atoms with E-state index in [1.165, 1.54) is 18.8 Å². The minimum absolute atomic E-state index is 1.45. The molecule has 8 heavy (non-hydrogen) atoms. The molecule has 3 nitrogen and oxygen atoms in total. The van der Waals surface area contributed by atoms with Gasteiger partial charge in [0.05, 0.1) is 0 Å². The maximum Gasteiger partial charge on any atom is 0.475 e. The van der Waals surface area contributed by atoms with Gasteiger partial charge in [-0.25, -0.2) is 4.21 Å². The van der Waals surface area contributed by atoms with Crippen LogP contribution in [0.4, 0.5) is 0 Å². The Hall–Kier alpha value is 0.800. The lowest BCUT2D eigenvalue weighted by molar-refractivity contribution is -1.25. The van der Waals surface area contributed by atoms with Gasteiger partial charge in [0.15, 0.2) is 0 Å². The van der Waals surface area contributed by atoms with Crippen LogP contribution in [0.25, 0.3) is 0 Å². The molecule has 0 aliphatic rings. The van der Waals surface area contributed by atoms with Crippen molar-refractivity contribution in [2.75, 3.05) is 18.8 Å². The van der Waals surface area contributed by atoms with Crippen LogP contribution in [0.3, 0.4) is 0 Å². The van der Waals surface area contributed by atoms with Crippen LogP contribution in [-0.2, 0) is 11.9 Å². The van der Waals surface area contributed by atoms with Gasteiger partial charge < -0.3 is 3.44 Å². The van der Waals surface area contributed by atoms with Gasteiger partial charge in [-0.15, -0.1) is 9.35 Å². The summed E-state index contributed by atoms with van der Waals surface area (Å²) in [6.45, 7) is 0. The normalized spacial score (nSPS) is 17.2. The first-order valence-corrected chi connectivity index (χ1v) is 6.74. The maximum absolute atomic E-state index is 11.0. The number of rotatable bonds is 2. The molecule has 0 aliphatic carbocycles. The summed E-state index contributed by atoms with van der Waals surface area (Å²) in [5.41, 5.74) is 0. The first kappa shape index (κ1) is 8.80. The summed E-state index contributed by atoms with van der Waals surface area (Å²) in [5.74, 6) is 0. The number of halogens is 1. The van der Waals surface area contributed by atoms with Gasteiger partial charge in [-0.1, -0.05) is 0 Å². The first-order chi connectivity index (χ1) is 3.31. The van der Waals surface area contributed by atoms with Crippen LogP contribution in [-0.4, -0.2) is 23.0 Å². The molecule has 0 aromatic heterocycles. The summed E-state index contributed by atoms with van der Waals surface area (Å²) >= 11 is -1.55. The van der Waals surface area contributed by atoms with E-state index in [-0.39, 0.29) is 0 Å². The SMILES string of the molecule is CS(C)(C)(=O)O[I+][O-]. The lowest BCUT2D eigenvalue weighted by Crippen LogP contribution is -3.70. The van der Waals surface area contributed by atoms with Crippen LogP contribution in [0, 0.1) is 0 Å². The molecule has 0 amide bonds. The highest BCUT2D eigenvalue weighted by molar-refractivity contribution is 8.14. The smallest absolute Gasteiger partial charge is 0.475 e. The molecule has 0 bridgehead atoms. The van der Waals surface area contributed by atoms with E-state index in [4.69, 9.17) is 0 Å². The molecule has 0 spiro atoms. The zero-order valence-corrected chi connectivity index (χ0v) is 7.98. The zero-order valence-electron chi connectivity index (χ0n) is 5.01. The number of hydrogen-bond donors (Lipinski definition) is 0. The Balaban J connectivity index is 3.95. The largest absolute Gasteiger partial charge is 0.566 e. The van der Waals surface area contributed by atoms with Gasteiger partial charge in [0.1, 0.15) is 0 Å². The van der Waals surface area contributed by atoms with Gasteiger partial charge in [-0.05, 0) is 2.51 Å². The molecular weight excluding hydrogens is 243 g/mol. The summed E-state index contributed by atoms with van der Waals surface area (Å²) in [5, 5.41) is 0. The predicted molar refractivity (Wildman–Crippen MR) is 27.0 cm³/mol. The van der Waals surface area contributed by atoms with Crippen LogP contribution in [0.2, 0.25) is 0 Å². The Bertz CT molecular complexity index is 126. The third kappa shape index (κ3) is 6.80. The van der Waals surface area contributed by atoms with Gasteiger partial charge >= 0.3 is 22.0 Å². The van der Waals surface area contributed by atoms with Crippen LogP contribution in [0.1, 0.15) is 0 Å². The Morgan fingerprint density at radius 1 is 1.50 bits per heavy atom. The van der Waals surface area contributed by atoms with Crippen LogP contribution in [0.15, 0.2) is 0 Å². The second-order valence-electron chi connectivity index (χ2n) is 2.42. The molecule has 52 valence electrons. The molecule has 0 fully saturated rings. The predicted octanol–water partition coefficient (Wildman–Crippen LogP) is -4.09. The molecule has 0 saturated carbocycles. The van der Waals surface area contributed by atoms with Crippen molar-refractivity contribution in [1.82, 2.24) is 0 Å².